The maximum atomic E-state index is 13.9. The molecule has 24 heavy (non-hydrogen) atoms. The molecule has 2 amide bonds. The van der Waals surface area contributed by atoms with Crippen LogP contribution in [0.5, 0.6) is 0 Å². The number of nitrogens with one attached hydrogen (secondary N) is 1. The van der Waals surface area contributed by atoms with Gasteiger partial charge in [-0.25, -0.2) is 4.39 Å². The first-order chi connectivity index (χ1) is 11.6. The Morgan fingerprint density at radius 1 is 1.12 bits per heavy atom. The number of benzene rings is 2. The van der Waals surface area contributed by atoms with Gasteiger partial charge >= 0.3 is 0 Å². The summed E-state index contributed by atoms with van der Waals surface area (Å²) in [5.74, 6) is -0.685. The van der Waals surface area contributed by atoms with E-state index in [-0.39, 0.29) is 30.1 Å². The SMILES string of the molecule is O=C1CN(C(=O)C2CC2)[C@H](c2ccccc2)c2cc(F)ccc2N1. The number of fused-ring (bicyclic) bond motifs is 1. The molecule has 1 aliphatic heterocycles. The predicted octanol–water partition coefficient (Wildman–Crippen LogP) is 3.11. The summed E-state index contributed by atoms with van der Waals surface area (Å²) in [4.78, 5) is 26.6. The molecule has 0 bridgehead atoms. The molecule has 1 atom stereocenters. The smallest absolute Gasteiger partial charge is 0.244 e. The van der Waals surface area contributed by atoms with Crippen molar-refractivity contribution in [2.75, 3.05) is 11.9 Å². The molecular weight excluding hydrogens is 307 g/mol. The summed E-state index contributed by atoms with van der Waals surface area (Å²) in [6.45, 7) is -0.0226. The fourth-order valence-corrected chi connectivity index (χ4v) is 3.24. The molecule has 4 rings (SSSR count). The maximum absolute atomic E-state index is 13.9. The van der Waals surface area contributed by atoms with Crippen molar-refractivity contribution in [3.05, 3.63) is 65.5 Å². The van der Waals surface area contributed by atoms with Gasteiger partial charge in [0.25, 0.3) is 0 Å². The van der Waals surface area contributed by atoms with Gasteiger partial charge in [-0.3, -0.25) is 9.59 Å². The van der Waals surface area contributed by atoms with Gasteiger partial charge in [-0.1, -0.05) is 30.3 Å². The van der Waals surface area contributed by atoms with Gasteiger partial charge in [0, 0.05) is 17.2 Å². The predicted molar refractivity (Wildman–Crippen MR) is 87.8 cm³/mol. The summed E-state index contributed by atoms with van der Waals surface area (Å²) in [6.07, 6.45) is 1.71. The summed E-state index contributed by atoms with van der Waals surface area (Å²) >= 11 is 0. The number of hydrogen-bond donors (Lipinski definition) is 1. The summed E-state index contributed by atoms with van der Waals surface area (Å²) in [6, 6.07) is 13.3. The van der Waals surface area contributed by atoms with Crippen molar-refractivity contribution in [1.29, 1.82) is 0 Å². The van der Waals surface area contributed by atoms with Crippen molar-refractivity contribution in [3.63, 3.8) is 0 Å². The van der Waals surface area contributed by atoms with Crippen LogP contribution in [0, 0.1) is 11.7 Å². The van der Waals surface area contributed by atoms with E-state index in [4.69, 9.17) is 0 Å². The molecule has 1 fully saturated rings. The molecule has 0 unspecified atom stereocenters. The van der Waals surface area contributed by atoms with Crippen molar-refractivity contribution < 1.29 is 14.0 Å². The Bertz CT molecular complexity index is 802. The van der Waals surface area contributed by atoms with Crippen molar-refractivity contribution in [2.45, 2.75) is 18.9 Å². The molecule has 122 valence electrons. The van der Waals surface area contributed by atoms with Crippen LogP contribution in [0.2, 0.25) is 0 Å². The molecule has 1 aliphatic carbocycles. The lowest BCUT2D eigenvalue weighted by molar-refractivity contribution is -0.137. The summed E-state index contributed by atoms with van der Waals surface area (Å²) < 4.78 is 13.9. The average molecular weight is 324 g/mol. The van der Waals surface area contributed by atoms with Gasteiger partial charge in [-0.15, -0.1) is 0 Å². The van der Waals surface area contributed by atoms with Crippen molar-refractivity contribution in [2.24, 2.45) is 5.92 Å². The Balaban J connectivity index is 1.88. The summed E-state index contributed by atoms with van der Waals surface area (Å²) in [7, 11) is 0. The third-order valence-electron chi connectivity index (χ3n) is 4.53. The number of carbonyl (C=O) groups is 2. The monoisotopic (exact) mass is 324 g/mol. The van der Waals surface area contributed by atoms with Gasteiger partial charge in [0.15, 0.2) is 0 Å². The molecule has 1 heterocycles. The molecule has 1 N–H and O–H groups in total. The number of amides is 2. The molecule has 2 aromatic rings. The fourth-order valence-electron chi connectivity index (χ4n) is 3.24. The van der Waals surface area contributed by atoms with E-state index in [1.165, 1.54) is 12.1 Å². The Morgan fingerprint density at radius 3 is 2.58 bits per heavy atom. The molecule has 0 spiro atoms. The van der Waals surface area contributed by atoms with Gasteiger partial charge < -0.3 is 10.2 Å². The Kier molecular flexibility index (Phi) is 3.56. The Labute approximate surface area is 139 Å². The summed E-state index contributed by atoms with van der Waals surface area (Å²) in [5.41, 5.74) is 2.04. The topological polar surface area (TPSA) is 49.4 Å². The van der Waals surface area contributed by atoms with E-state index in [1.54, 1.807) is 11.0 Å². The molecule has 0 radical (unpaired) electrons. The first-order valence-corrected chi connectivity index (χ1v) is 8.08. The second kappa shape index (κ2) is 5.74. The van der Waals surface area contributed by atoms with Crippen LogP contribution >= 0.6 is 0 Å². The second-order valence-corrected chi connectivity index (χ2v) is 6.33. The van der Waals surface area contributed by atoms with Crippen LogP contribution in [0.3, 0.4) is 0 Å². The van der Waals surface area contributed by atoms with Gasteiger partial charge in [0.2, 0.25) is 11.8 Å². The second-order valence-electron chi connectivity index (χ2n) is 6.33. The molecular formula is C19H17FN2O2. The average Bonchev–Trinajstić information content (AvgIpc) is 3.42. The highest BCUT2D eigenvalue weighted by Crippen LogP contribution is 2.40. The number of anilines is 1. The van der Waals surface area contributed by atoms with E-state index in [9.17, 15) is 14.0 Å². The molecule has 1 saturated carbocycles. The zero-order chi connectivity index (χ0) is 16.7. The number of rotatable bonds is 2. The van der Waals surface area contributed by atoms with Crippen LogP contribution in [-0.4, -0.2) is 23.3 Å². The molecule has 2 aromatic carbocycles. The first kappa shape index (κ1) is 14.9. The Hall–Kier alpha value is -2.69. The van der Waals surface area contributed by atoms with Gasteiger partial charge in [-0.05, 0) is 36.6 Å². The van der Waals surface area contributed by atoms with Gasteiger partial charge in [0.1, 0.15) is 12.4 Å². The van der Waals surface area contributed by atoms with E-state index in [2.05, 4.69) is 5.32 Å². The molecule has 0 aromatic heterocycles. The van der Waals surface area contributed by atoms with Crippen molar-refractivity contribution >= 4 is 17.5 Å². The Morgan fingerprint density at radius 2 is 1.88 bits per heavy atom. The van der Waals surface area contributed by atoms with Crippen molar-refractivity contribution in [1.82, 2.24) is 4.90 Å². The molecule has 2 aliphatic rings. The largest absolute Gasteiger partial charge is 0.324 e. The lowest BCUT2D eigenvalue weighted by Gasteiger charge is -2.30. The minimum Gasteiger partial charge on any atom is -0.324 e. The van der Waals surface area contributed by atoms with E-state index >= 15 is 0 Å². The zero-order valence-corrected chi connectivity index (χ0v) is 13.0. The van der Waals surface area contributed by atoms with E-state index in [0.717, 1.165) is 18.4 Å². The minimum absolute atomic E-state index is 0.0147. The van der Waals surface area contributed by atoms with Crippen LogP contribution in [0.4, 0.5) is 10.1 Å². The van der Waals surface area contributed by atoms with Crippen LogP contribution in [0.15, 0.2) is 48.5 Å². The van der Waals surface area contributed by atoms with Crippen molar-refractivity contribution in [3.8, 4) is 0 Å². The van der Waals surface area contributed by atoms with Crippen LogP contribution in [0.1, 0.15) is 30.0 Å². The third kappa shape index (κ3) is 2.66. The third-order valence-corrected chi connectivity index (χ3v) is 4.53. The van der Waals surface area contributed by atoms with E-state index in [1.807, 2.05) is 30.3 Å². The lowest BCUT2D eigenvalue weighted by atomic mass is 9.95. The fraction of sp³-hybridized carbons (Fsp3) is 0.263. The molecule has 4 nitrogen and oxygen atoms in total. The highest BCUT2D eigenvalue weighted by Gasteiger charge is 2.40. The van der Waals surface area contributed by atoms with Gasteiger partial charge in [-0.2, -0.15) is 0 Å². The molecule has 0 saturated heterocycles. The summed E-state index contributed by atoms with van der Waals surface area (Å²) in [5, 5.41) is 2.79. The quantitative estimate of drug-likeness (QED) is 0.923. The standard InChI is InChI=1S/C19H17FN2O2/c20-14-8-9-16-15(10-14)18(12-4-2-1-3-5-12)22(11-17(23)21-16)19(24)13-6-7-13/h1-5,8-10,13,18H,6-7,11H2,(H,21,23)/t18-/m1/s1. The van der Waals surface area contributed by atoms with Crippen LogP contribution < -0.4 is 5.32 Å². The van der Waals surface area contributed by atoms with Crippen LogP contribution in [0.25, 0.3) is 0 Å². The number of carbonyl (C=O) groups excluding carboxylic acids is 2. The first-order valence-electron chi connectivity index (χ1n) is 8.08. The zero-order valence-electron chi connectivity index (χ0n) is 13.0. The number of halogens is 1. The highest BCUT2D eigenvalue weighted by molar-refractivity contribution is 5.97. The van der Waals surface area contributed by atoms with Crippen LogP contribution in [-0.2, 0) is 9.59 Å². The maximum Gasteiger partial charge on any atom is 0.244 e. The molecule has 5 heteroatoms. The normalized spacial score (nSPS) is 20.1. The number of nitrogens with zero attached hydrogens (tertiary/aromatic N) is 1. The van der Waals surface area contributed by atoms with Gasteiger partial charge in [0.05, 0.1) is 6.04 Å². The minimum atomic E-state index is -0.469. The lowest BCUT2D eigenvalue weighted by Crippen LogP contribution is -2.39. The highest BCUT2D eigenvalue weighted by atomic mass is 19.1. The van der Waals surface area contributed by atoms with E-state index in [0.29, 0.717) is 11.3 Å². The van der Waals surface area contributed by atoms with E-state index < -0.39 is 6.04 Å². The number of hydrogen-bond acceptors (Lipinski definition) is 2.